The zero-order valence-corrected chi connectivity index (χ0v) is 12.6. The Kier molecular flexibility index (Phi) is 3.66. The zero-order valence-electron chi connectivity index (χ0n) is 12.6. The second-order valence-corrected chi connectivity index (χ2v) is 6.00. The quantitative estimate of drug-likeness (QED) is 0.873. The van der Waals surface area contributed by atoms with E-state index in [0.29, 0.717) is 0 Å². The van der Waals surface area contributed by atoms with Crippen molar-refractivity contribution in [1.29, 1.82) is 0 Å². The summed E-state index contributed by atoms with van der Waals surface area (Å²) in [5, 5.41) is 1.40. The molecular formula is C18H24N2. The molecule has 0 aliphatic carbocycles. The van der Waals surface area contributed by atoms with Crippen LogP contribution in [0.1, 0.15) is 43.5 Å². The van der Waals surface area contributed by atoms with Gasteiger partial charge in [-0.25, -0.2) is 0 Å². The maximum atomic E-state index is 4.06. The summed E-state index contributed by atoms with van der Waals surface area (Å²) in [5.41, 5.74) is 6.62. The molecule has 1 aromatic heterocycles. The molecule has 2 heteroatoms. The van der Waals surface area contributed by atoms with Crippen LogP contribution in [-0.2, 0) is 13.0 Å². The third-order valence-electron chi connectivity index (χ3n) is 4.37. The summed E-state index contributed by atoms with van der Waals surface area (Å²) in [6.07, 6.45) is 3.74. The molecular weight excluding hydrogens is 244 g/mol. The lowest BCUT2D eigenvalue weighted by atomic mass is 10.00. The fourth-order valence-electron chi connectivity index (χ4n) is 3.13. The SMILES string of the molecule is C=C(C)c1ccc2[nH]c3c(c2c1)CCN(CCCC)C3. The molecule has 0 radical (unpaired) electrons. The predicted octanol–water partition coefficient (Wildman–Crippen LogP) is 4.36. The largest absolute Gasteiger partial charge is 0.357 e. The predicted molar refractivity (Wildman–Crippen MR) is 86.9 cm³/mol. The molecule has 0 saturated carbocycles. The molecule has 1 aromatic carbocycles. The van der Waals surface area contributed by atoms with E-state index in [-0.39, 0.29) is 0 Å². The Labute approximate surface area is 121 Å². The lowest BCUT2D eigenvalue weighted by molar-refractivity contribution is 0.248. The molecule has 2 aromatic rings. The monoisotopic (exact) mass is 268 g/mol. The van der Waals surface area contributed by atoms with Gasteiger partial charge < -0.3 is 4.98 Å². The van der Waals surface area contributed by atoms with Crippen molar-refractivity contribution in [2.45, 2.75) is 39.7 Å². The third kappa shape index (κ3) is 2.40. The highest BCUT2D eigenvalue weighted by Gasteiger charge is 2.20. The Morgan fingerprint density at radius 3 is 3.00 bits per heavy atom. The van der Waals surface area contributed by atoms with Crippen LogP contribution in [0.4, 0.5) is 0 Å². The highest BCUT2D eigenvalue weighted by molar-refractivity contribution is 5.88. The van der Waals surface area contributed by atoms with Crippen LogP contribution in [0.25, 0.3) is 16.5 Å². The molecule has 0 fully saturated rings. The second kappa shape index (κ2) is 5.45. The molecule has 2 nitrogen and oxygen atoms in total. The number of benzene rings is 1. The first-order valence-corrected chi connectivity index (χ1v) is 7.70. The van der Waals surface area contributed by atoms with Crippen molar-refractivity contribution >= 4 is 16.5 Å². The first kappa shape index (κ1) is 13.4. The van der Waals surface area contributed by atoms with E-state index in [2.05, 4.69) is 48.5 Å². The van der Waals surface area contributed by atoms with E-state index in [1.54, 1.807) is 0 Å². The number of H-pyrrole nitrogens is 1. The lowest BCUT2D eigenvalue weighted by Crippen LogP contribution is -2.31. The van der Waals surface area contributed by atoms with Gasteiger partial charge in [-0.05, 0) is 49.6 Å². The van der Waals surface area contributed by atoms with E-state index in [9.17, 15) is 0 Å². The molecule has 0 saturated heterocycles. The standard InChI is InChI=1S/C18H24N2/c1-4-5-9-20-10-8-15-16-11-14(13(2)3)6-7-17(16)19-18(15)12-20/h6-7,11,19H,2,4-5,8-10,12H2,1,3H3. The molecule has 0 bridgehead atoms. The minimum Gasteiger partial charge on any atom is -0.357 e. The highest BCUT2D eigenvalue weighted by atomic mass is 15.1. The molecule has 1 N–H and O–H groups in total. The molecule has 3 rings (SSSR count). The van der Waals surface area contributed by atoms with Gasteiger partial charge in [0.2, 0.25) is 0 Å². The van der Waals surface area contributed by atoms with Crippen LogP contribution in [0, 0.1) is 0 Å². The first-order valence-electron chi connectivity index (χ1n) is 7.70. The van der Waals surface area contributed by atoms with E-state index < -0.39 is 0 Å². The summed E-state index contributed by atoms with van der Waals surface area (Å²) < 4.78 is 0. The Hall–Kier alpha value is -1.54. The first-order chi connectivity index (χ1) is 9.69. The van der Waals surface area contributed by atoms with Crippen molar-refractivity contribution in [2.24, 2.45) is 0 Å². The molecule has 0 spiro atoms. The van der Waals surface area contributed by atoms with E-state index in [1.807, 2.05) is 0 Å². The summed E-state index contributed by atoms with van der Waals surface area (Å²) in [6.45, 7) is 11.9. The van der Waals surface area contributed by atoms with Gasteiger partial charge in [-0.15, -0.1) is 0 Å². The number of hydrogen-bond acceptors (Lipinski definition) is 1. The summed E-state index contributed by atoms with van der Waals surface area (Å²) in [7, 11) is 0. The molecule has 0 unspecified atom stereocenters. The maximum absolute atomic E-state index is 4.06. The summed E-state index contributed by atoms with van der Waals surface area (Å²) in [6, 6.07) is 6.67. The van der Waals surface area contributed by atoms with Crippen molar-refractivity contribution in [1.82, 2.24) is 9.88 Å². The van der Waals surface area contributed by atoms with Gasteiger partial charge in [0, 0.05) is 29.7 Å². The Morgan fingerprint density at radius 2 is 2.25 bits per heavy atom. The minimum absolute atomic E-state index is 1.08. The van der Waals surface area contributed by atoms with Gasteiger partial charge in [0.15, 0.2) is 0 Å². The molecule has 0 atom stereocenters. The van der Waals surface area contributed by atoms with E-state index in [0.717, 1.165) is 12.1 Å². The van der Waals surface area contributed by atoms with E-state index in [1.165, 1.54) is 60.1 Å². The van der Waals surface area contributed by atoms with Gasteiger partial charge in [-0.1, -0.05) is 31.6 Å². The van der Waals surface area contributed by atoms with Gasteiger partial charge in [0.05, 0.1) is 0 Å². The van der Waals surface area contributed by atoms with Crippen LogP contribution < -0.4 is 0 Å². The van der Waals surface area contributed by atoms with E-state index in [4.69, 9.17) is 0 Å². The topological polar surface area (TPSA) is 19.0 Å². The van der Waals surface area contributed by atoms with Crippen LogP contribution in [0.5, 0.6) is 0 Å². The maximum Gasteiger partial charge on any atom is 0.0459 e. The fourth-order valence-corrected chi connectivity index (χ4v) is 3.13. The second-order valence-electron chi connectivity index (χ2n) is 6.00. The van der Waals surface area contributed by atoms with Crippen molar-refractivity contribution in [2.75, 3.05) is 13.1 Å². The molecule has 1 aliphatic heterocycles. The van der Waals surface area contributed by atoms with Gasteiger partial charge in [-0.3, -0.25) is 4.90 Å². The van der Waals surface area contributed by atoms with Crippen LogP contribution in [0.3, 0.4) is 0 Å². The van der Waals surface area contributed by atoms with Gasteiger partial charge >= 0.3 is 0 Å². The van der Waals surface area contributed by atoms with Gasteiger partial charge in [0.25, 0.3) is 0 Å². The van der Waals surface area contributed by atoms with Crippen molar-refractivity contribution in [3.8, 4) is 0 Å². The molecule has 2 heterocycles. The Bertz CT molecular complexity index is 636. The Morgan fingerprint density at radius 1 is 1.40 bits per heavy atom. The summed E-state index contributed by atoms with van der Waals surface area (Å²) >= 11 is 0. The lowest BCUT2D eigenvalue weighted by Gasteiger charge is -2.26. The number of rotatable bonds is 4. The number of aromatic nitrogens is 1. The van der Waals surface area contributed by atoms with E-state index >= 15 is 0 Å². The van der Waals surface area contributed by atoms with Gasteiger partial charge in [-0.2, -0.15) is 0 Å². The molecule has 1 aliphatic rings. The smallest absolute Gasteiger partial charge is 0.0459 e. The number of fused-ring (bicyclic) bond motifs is 3. The summed E-state index contributed by atoms with van der Waals surface area (Å²) in [5.74, 6) is 0. The molecule has 0 amide bonds. The average molecular weight is 268 g/mol. The van der Waals surface area contributed by atoms with Crippen LogP contribution in [0.2, 0.25) is 0 Å². The number of allylic oxidation sites excluding steroid dienone is 1. The van der Waals surface area contributed by atoms with Crippen LogP contribution in [-0.4, -0.2) is 23.0 Å². The van der Waals surface area contributed by atoms with Crippen molar-refractivity contribution in [3.63, 3.8) is 0 Å². The molecule has 106 valence electrons. The number of nitrogens with zero attached hydrogens (tertiary/aromatic N) is 1. The number of aromatic amines is 1. The normalized spacial score (nSPS) is 15.5. The number of nitrogens with one attached hydrogen (secondary N) is 1. The average Bonchev–Trinajstić information content (AvgIpc) is 2.81. The van der Waals surface area contributed by atoms with Crippen molar-refractivity contribution < 1.29 is 0 Å². The Balaban J connectivity index is 1.92. The number of hydrogen-bond donors (Lipinski definition) is 1. The zero-order chi connectivity index (χ0) is 14.1. The number of unbranched alkanes of at least 4 members (excludes halogenated alkanes) is 1. The minimum atomic E-state index is 1.08. The fraction of sp³-hybridized carbons (Fsp3) is 0.444. The molecule has 20 heavy (non-hydrogen) atoms. The van der Waals surface area contributed by atoms with Crippen LogP contribution >= 0.6 is 0 Å². The van der Waals surface area contributed by atoms with Crippen LogP contribution in [0.15, 0.2) is 24.8 Å². The van der Waals surface area contributed by atoms with Gasteiger partial charge in [0.1, 0.15) is 0 Å². The highest BCUT2D eigenvalue weighted by Crippen LogP contribution is 2.29. The summed E-state index contributed by atoms with van der Waals surface area (Å²) in [4.78, 5) is 6.19. The van der Waals surface area contributed by atoms with Crippen molar-refractivity contribution in [3.05, 3.63) is 41.6 Å². The third-order valence-corrected chi connectivity index (χ3v) is 4.37.